The first-order valence-corrected chi connectivity index (χ1v) is 7.83. The molecule has 2 heteroatoms. The highest BCUT2D eigenvalue weighted by molar-refractivity contribution is 4.97. The van der Waals surface area contributed by atoms with Crippen LogP contribution in [0.25, 0.3) is 0 Å². The molecule has 0 aromatic rings. The SMILES string of the molecule is CCC1CCNC(CNC(C2CC2)C2CC2)C1. The normalized spacial score (nSPS) is 34.2. The molecule has 0 amide bonds. The van der Waals surface area contributed by atoms with Crippen LogP contribution >= 0.6 is 0 Å². The summed E-state index contributed by atoms with van der Waals surface area (Å²) in [6, 6.07) is 1.62. The highest BCUT2D eigenvalue weighted by atomic mass is 15.0. The van der Waals surface area contributed by atoms with Gasteiger partial charge in [-0.15, -0.1) is 0 Å². The molecule has 0 spiro atoms. The molecule has 2 aliphatic carbocycles. The van der Waals surface area contributed by atoms with Crippen molar-refractivity contribution in [2.45, 2.75) is 64.0 Å². The Morgan fingerprint density at radius 3 is 2.41 bits per heavy atom. The average molecular weight is 236 g/mol. The smallest absolute Gasteiger partial charge is 0.0195 e. The molecule has 2 atom stereocenters. The number of rotatable bonds is 6. The van der Waals surface area contributed by atoms with Gasteiger partial charge >= 0.3 is 0 Å². The molecule has 2 nitrogen and oxygen atoms in total. The molecule has 2 unspecified atom stereocenters. The summed E-state index contributed by atoms with van der Waals surface area (Å²) >= 11 is 0. The second-order valence-electron chi connectivity index (χ2n) is 6.56. The largest absolute Gasteiger partial charge is 0.313 e. The van der Waals surface area contributed by atoms with E-state index in [4.69, 9.17) is 0 Å². The molecular formula is C15H28N2. The van der Waals surface area contributed by atoms with Crippen LogP contribution in [-0.4, -0.2) is 25.2 Å². The van der Waals surface area contributed by atoms with E-state index in [1.54, 1.807) is 0 Å². The van der Waals surface area contributed by atoms with Gasteiger partial charge in [-0.25, -0.2) is 0 Å². The van der Waals surface area contributed by atoms with Crippen LogP contribution in [0.15, 0.2) is 0 Å². The van der Waals surface area contributed by atoms with Gasteiger partial charge in [-0.3, -0.25) is 0 Å². The molecular weight excluding hydrogens is 208 g/mol. The molecule has 17 heavy (non-hydrogen) atoms. The third-order valence-corrected chi connectivity index (χ3v) is 5.04. The molecule has 3 aliphatic rings. The third-order valence-electron chi connectivity index (χ3n) is 5.04. The van der Waals surface area contributed by atoms with Crippen molar-refractivity contribution in [3.63, 3.8) is 0 Å². The lowest BCUT2D eigenvalue weighted by Gasteiger charge is -2.31. The molecule has 2 N–H and O–H groups in total. The molecule has 0 aromatic heterocycles. The first-order valence-electron chi connectivity index (χ1n) is 7.83. The van der Waals surface area contributed by atoms with Crippen molar-refractivity contribution in [2.24, 2.45) is 17.8 Å². The van der Waals surface area contributed by atoms with Gasteiger partial charge in [0.25, 0.3) is 0 Å². The zero-order valence-electron chi connectivity index (χ0n) is 11.3. The lowest BCUT2D eigenvalue weighted by molar-refractivity contribution is 0.274. The van der Waals surface area contributed by atoms with E-state index in [0.29, 0.717) is 0 Å². The van der Waals surface area contributed by atoms with E-state index in [1.807, 2.05) is 0 Å². The lowest BCUT2D eigenvalue weighted by Crippen LogP contribution is -2.47. The fourth-order valence-electron chi connectivity index (χ4n) is 3.53. The summed E-state index contributed by atoms with van der Waals surface area (Å²) in [4.78, 5) is 0. The van der Waals surface area contributed by atoms with Crippen LogP contribution in [0.2, 0.25) is 0 Å². The highest BCUT2D eigenvalue weighted by Gasteiger charge is 2.41. The van der Waals surface area contributed by atoms with Crippen LogP contribution in [0.5, 0.6) is 0 Å². The minimum absolute atomic E-state index is 0.744. The molecule has 98 valence electrons. The predicted molar refractivity (Wildman–Crippen MR) is 72.0 cm³/mol. The van der Waals surface area contributed by atoms with Crippen molar-refractivity contribution in [3.8, 4) is 0 Å². The van der Waals surface area contributed by atoms with Gasteiger partial charge in [-0.1, -0.05) is 13.3 Å². The Morgan fingerprint density at radius 1 is 1.12 bits per heavy atom. The fraction of sp³-hybridized carbons (Fsp3) is 1.00. The van der Waals surface area contributed by atoms with E-state index in [2.05, 4.69) is 17.6 Å². The topological polar surface area (TPSA) is 24.1 Å². The van der Waals surface area contributed by atoms with E-state index in [-0.39, 0.29) is 0 Å². The van der Waals surface area contributed by atoms with E-state index >= 15 is 0 Å². The van der Waals surface area contributed by atoms with Crippen molar-refractivity contribution in [3.05, 3.63) is 0 Å². The van der Waals surface area contributed by atoms with Gasteiger partial charge in [-0.05, 0) is 62.8 Å². The molecule has 0 aromatic carbocycles. The molecule has 0 bridgehead atoms. The van der Waals surface area contributed by atoms with E-state index in [0.717, 1.165) is 29.8 Å². The number of hydrogen-bond donors (Lipinski definition) is 2. The third kappa shape index (κ3) is 3.23. The van der Waals surface area contributed by atoms with Gasteiger partial charge in [0.1, 0.15) is 0 Å². The van der Waals surface area contributed by atoms with Gasteiger partial charge in [0.2, 0.25) is 0 Å². The molecule has 0 radical (unpaired) electrons. The first-order chi connectivity index (χ1) is 8.36. The zero-order valence-corrected chi connectivity index (χ0v) is 11.3. The predicted octanol–water partition coefficient (Wildman–Crippen LogP) is 2.54. The maximum Gasteiger partial charge on any atom is 0.0195 e. The fourth-order valence-corrected chi connectivity index (χ4v) is 3.53. The Kier molecular flexibility index (Phi) is 3.72. The van der Waals surface area contributed by atoms with Crippen molar-refractivity contribution in [1.29, 1.82) is 0 Å². The standard InChI is InChI=1S/C15H28N2/c1-2-11-7-8-16-14(9-11)10-17-15(12-3-4-12)13-5-6-13/h11-17H,2-10H2,1H3. The van der Waals surface area contributed by atoms with Gasteiger partial charge < -0.3 is 10.6 Å². The van der Waals surface area contributed by atoms with E-state index in [9.17, 15) is 0 Å². The Labute approximate surface area is 106 Å². The van der Waals surface area contributed by atoms with Gasteiger partial charge in [-0.2, -0.15) is 0 Å². The molecule has 3 fully saturated rings. The summed E-state index contributed by atoms with van der Waals surface area (Å²) in [6.45, 7) is 4.80. The summed E-state index contributed by atoms with van der Waals surface area (Å²) in [5, 5.41) is 7.59. The number of hydrogen-bond acceptors (Lipinski definition) is 2. The molecule has 1 aliphatic heterocycles. The van der Waals surface area contributed by atoms with E-state index in [1.165, 1.54) is 58.0 Å². The van der Waals surface area contributed by atoms with Crippen LogP contribution in [0.1, 0.15) is 51.9 Å². The maximum atomic E-state index is 3.90. The van der Waals surface area contributed by atoms with Crippen LogP contribution in [0.4, 0.5) is 0 Å². The van der Waals surface area contributed by atoms with Gasteiger partial charge in [0.15, 0.2) is 0 Å². The summed E-state index contributed by atoms with van der Waals surface area (Å²) in [5.41, 5.74) is 0. The van der Waals surface area contributed by atoms with E-state index < -0.39 is 0 Å². The number of nitrogens with one attached hydrogen (secondary N) is 2. The van der Waals surface area contributed by atoms with Crippen LogP contribution in [-0.2, 0) is 0 Å². The second-order valence-corrected chi connectivity index (χ2v) is 6.56. The summed E-state index contributed by atoms with van der Waals surface area (Å²) < 4.78 is 0. The minimum Gasteiger partial charge on any atom is -0.313 e. The van der Waals surface area contributed by atoms with Gasteiger partial charge in [0.05, 0.1) is 0 Å². The maximum absolute atomic E-state index is 3.90. The Hall–Kier alpha value is -0.0800. The Balaban J connectivity index is 1.42. The monoisotopic (exact) mass is 236 g/mol. The molecule has 2 saturated carbocycles. The van der Waals surface area contributed by atoms with Crippen LogP contribution in [0, 0.1) is 17.8 Å². The van der Waals surface area contributed by atoms with Gasteiger partial charge in [0, 0.05) is 18.6 Å². The Morgan fingerprint density at radius 2 is 1.82 bits per heavy atom. The van der Waals surface area contributed by atoms with Crippen LogP contribution < -0.4 is 10.6 Å². The first kappa shape index (κ1) is 12.0. The highest BCUT2D eigenvalue weighted by Crippen LogP contribution is 2.44. The second kappa shape index (κ2) is 5.27. The van der Waals surface area contributed by atoms with Crippen LogP contribution in [0.3, 0.4) is 0 Å². The zero-order chi connectivity index (χ0) is 11.7. The van der Waals surface area contributed by atoms with Crippen molar-refractivity contribution in [2.75, 3.05) is 13.1 Å². The summed E-state index contributed by atoms with van der Waals surface area (Å²) in [5.74, 6) is 3.05. The summed E-state index contributed by atoms with van der Waals surface area (Å²) in [7, 11) is 0. The van der Waals surface area contributed by atoms with Crippen molar-refractivity contribution in [1.82, 2.24) is 10.6 Å². The minimum atomic E-state index is 0.744. The molecule has 3 rings (SSSR count). The Bertz CT molecular complexity index is 233. The summed E-state index contributed by atoms with van der Waals surface area (Å²) in [6.07, 6.45) is 10.1. The van der Waals surface area contributed by atoms with Crippen molar-refractivity contribution < 1.29 is 0 Å². The molecule has 1 heterocycles. The lowest BCUT2D eigenvalue weighted by atomic mass is 9.90. The quantitative estimate of drug-likeness (QED) is 0.740. The number of piperidine rings is 1. The average Bonchev–Trinajstić information content (AvgIpc) is 3.22. The molecule has 1 saturated heterocycles. The van der Waals surface area contributed by atoms with Crippen molar-refractivity contribution >= 4 is 0 Å².